The van der Waals surface area contributed by atoms with E-state index in [1.54, 1.807) is 36.6 Å². The van der Waals surface area contributed by atoms with Gasteiger partial charge in [0.05, 0.1) is 35.8 Å². The maximum absolute atomic E-state index is 11.3. The number of anilines is 1. The van der Waals surface area contributed by atoms with Crippen LogP contribution >= 0.6 is 11.6 Å². The summed E-state index contributed by atoms with van der Waals surface area (Å²) in [5.41, 5.74) is 7.55. The van der Waals surface area contributed by atoms with Gasteiger partial charge in [0.2, 0.25) is 5.91 Å². The molecule has 0 radical (unpaired) electrons. The van der Waals surface area contributed by atoms with E-state index in [9.17, 15) is 4.79 Å². The largest absolute Gasteiger partial charge is 0.495 e. The summed E-state index contributed by atoms with van der Waals surface area (Å²) < 4.78 is 8.77. The smallest absolute Gasteiger partial charge is 0.223 e. The van der Waals surface area contributed by atoms with E-state index in [2.05, 4.69) is 30.6 Å². The number of pyridine rings is 1. The summed E-state index contributed by atoms with van der Waals surface area (Å²) in [6.07, 6.45) is 6.85. The van der Waals surface area contributed by atoms with E-state index >= 15 is 0 Å². The van der Waals surface area contributed by atoms with Crippen LogP contribution in [0.2, 0.25) is 5.02 Å². The number of nitrogens with one attached hydrogen (secondary N) is 1. The molecule has 35 heavy (non-hydrogen) atoms. The number of benzene rings is 1. The third-order valence-corrected chi connectivity index (χ3v) is 5.90. The first-order chi connectivity index (χ1) is 17.0. The van der Waals surface area contributed by atoms with Gasteiger partial charge in [-0.2, -0.15) is 5.10 Å². The summed E-state index contributed by atoms with van der Waals surface area (Å²) in [7, 11) is 1.58. The number of fused-ring (bicyclic) bond motifs is 3. The Balaban J connectivity index is 1.60. The van der Waals surface area contributed by atoms with Gasteiger partial charge in [-0.3, -0.25) is 9.36 Å². The molecule has 5 rings (SSSR count). The lowest BCUT2D eigenvalue weighted by atomic mass is 10.1. The molecule has 1 amide bonds. The third kappa shape index (κ3) is 4.21. The third-order valence-electron chi connectivity index (χ3n) is 5.60. The predicted octanol–water partition coefficient (Wildman–Crippen LogP) is 2.88. The summed E-state index contributed by atoms with van der Waals surface area (Å²) in [6, 6.07) is 5.59. The maximum atomic E-state index is 11.3. The van der Waals surface area contributed by atoms with E-state index in [1.807, 2.05) is 29.8 Å². The van der Waals surface area contributed by atoms with Crippen molar-refractivity contribution in [3.63, 3.8) is 0 Å². The second-order valence-corrected chi connectivity index (χ2v) is 8.26. The number of halogens is 1. The molecule has 0 atom stereocenters. The summed E-state index contributed by atoms with van der Waals surface area (Å²) >= 11 is 6.29. The van der Waals surface area contributed by atoms with Gasteiger partial charge in [-0.05, 0) is 24.6 Å². The van der Waals surface area contributed by atoms with Gasteiger partial charge >= 0.3 is 0 Å². The van der Waals surface area contributed by atoms with Crippen molar-refractivity contribution in [2.45, 2.75) is 26.4 Å². The molecule has 0 aliphatic rings. The molecule has 0 aliphatic heterocycles. The molecule has 0 saturated carbocycles. The van der Waals surface area contributed by atoms with Gasteiger partial charge in [0.15, 0.2) is 17.3 Å². The Morgan fingerprint density at radius 1 is 1.20 bits per heavy atom. The minimum absolute atomic E-state index is 0.0359. The first-order valence-electron chi connectivity index (χ1n) is 10.9. The van der Waals surface area contributed by atoms with E-state index in [0.29, 0.717) is 41.2 Å². The zero-order valence-corrected chi connectivity index (χ0v) is 19.8. The number of nitrogens with two attached hydrogens (primary N) is 1. The number of rotatable bonds is 8. The highest BCUT2D eigenvalue weighted by Crippen LogP contribution is 2.32. The van der Waals surface area contributed by atoms with Crippen LogP contribution in [0.5, 0.6) is 5.75 Å². The Kier molecular flexibility index (Phi) is 5.91. The number of primary amides is 1. The Morgan fingerprint density at radius 2 is 2.06 bits per heavy atom. The summed E-state index contributed by atoms with van der Waals surface area (Å²) in [5.74, 6) is 1.26. The fourth-order valence-corrected chi connectivity index (χ4v) is 4.23. The second-order valence-electron chi connectivity index (χ2n) is 7.85. The van der Waals surface area contributed by atoms with Gasteiger partial charge in [0.25, 0.3) is 0 Å². The number of imidazole rings is 1. The van der Waals surface area contributed by atoms with E-state index in [-0.39, 0.29) is 6.42 Å². The predicted molar refractivity (Wildman–Crippen MR) is 132 cm³/mol. The lowest BCUT2D eigenvalue weighted by molar-refractivity contribution is -0.117. The standard InChI is InChI=1S/C23H22ClN9O2/c1-3-33-22-16(10-29-33)20-15(9-27-22)23(32-11-14(28-12-32)7-19(25)34)31-30-21(20)26-8-13-4-5-18(35-2)17(24)6-13/h4-6,9-12H,3,7-8H2,1-2H3,(H2,25,34)(H,26,30). The average Bonchev–Trinajstić information content (AvgIpc) is 3.48. The van der Waals surface area contributed by atoms with Crippen molar-refractivity contribution in [2.24, 2.45) is 5.73 Å². The Hall–Kier alpha value is -4.25. The highest BCUT2D eigenvalue weighted by atomic mass is 35.5. The molecule has 0 fully saturated rings. The number of amides is 1. The molecule has 11 nitrogen and oxygen atoms in total. The fourth-order valence-electron chi connectivity index (χ4n) is 3.95. The van der Waals surface area contributed by atoms with Crippen molar-refractivity contribution in [1.29, 1.82) is 0 Å². The van der Waals surface area contributed by atoms with Crippen molar-refractivity contribution in [3.05, 3.63) is 59.4 Å². The number of aryl methyl sites for hydroxylation is 1. The van der Waals surface area contributed by atoms with Crippen LogP contribution in [-0.2, 0) is 24.3 Å². The maximum Gasteiger partial charge on any atom is 0.223 e. The number of aromatic nitrogens is 7. The van der Waals surface area contributed by atoms with Crippen LogP contribution in [-0.4, -0.2) is 47.5 Å². The van der Waals surface area contributed by atoms with Gasteiger partial charge in [-0.1, -0.05) is 17.7 Å². The molecule has 1 aromatic carbocycles. The highest BCUT2D eigenvalue weighted by Gasteiger charge is 2.18. The summed E-state index contributed by atoms with van der Waals surface area (Å²) in [6.45, 7) is 3.15. The summed E-state index contributed by atoms with van der Waals surface area (Å²) in [5, 5.41) is 19.7. The van der Waals surface area contributed by atoms with Crippen LogP contribution < -0.4 is 15.8 Å². The SMILES string of the molecule is CCn1ncc2c3c(NCc4ccc(OC)c(Cl)c4)nnc(-n4cnc(CC(N)=O)c4)c3cnc21. The van der Waals surface area contributed by atoms with Gasteiger partial charge in [-0.15, -0.1) is 10.2 Å². The zero-order chi connectivity index (χ0) is 24.5. The van der Waals surface area contributed by atoms with Crippen LogP contribution in [0.15, 0.2) is 43.1 Å². The van der Waals surface area contributed by atoms with Gasteiger partial charge in [0.1, 0.15) is 12.1 Å². The Morgan fingerprint density at radius 3 is 2.80 bits per heavy atom. The molecule has 178 valence electrons. The molecule has 0 bridgehead atoms. The van der Waals surface area contributed by atoms with Crippen molar-refractivity contribution >= 4 is 45.1 Å². The van der Waals surface area contributed by atoms with Crippen molar-refractivity contribution < 1.29 is 9.53 Å². The first kappa shape index (κ1) is 22.5. The molecular weight excluding hydrogens is 470 g/mol. The molecule has 0 spiro atoms. The lowest BCUT2D eigenvalue weighted by Crippen LogP contribution is -2.13. The Labute approximate surface area is 204 Å². The number of hydrogen-bond donors (Lipinski definition) is 2. The number of carbonyl (C=O) groups excluding carboxylic acids is 1. The molecule has 3 N–H and O–H groups in total. The van der Waals surface area contributed by atoms with Crippen molar-refractivity contribution in [3.8, 4) is 11.6 Å². The molecule has 0 unspecified atom stereocenters. The number of ether oxygens (including phenoxy) is 1. The highest BCUT2D eigenvalue weighted by molar-refractivity contribution is 6.32. The fraction of sp³-hybridized carbons (Fsp3) is 0.217. The zero-order valence-electron chi connectivity index (χ0n) is 19.1. The van der Waals surface area contributed by atoms with Gasteiger partial charge in [-0.25, -0.2) is 14.6 Å². The van der Waals surface area contributed by atoms with Gasteiger partial charge in [0, 0.05) is 36.3 Å². The summed E-state index contributed by atoms with van der Waals surface area (Å²) in [4.78, 5) is 20.2. The lowest BCUT2D eigenvalue weighted by Gasteiger charge is -2.13. The molecule has 4 aromatic heterocycles. The molecule has 0 saturated heterocycles. The van der Waals surface area contributed by atoms with Crippen molar-refractivity contribution in [1.82, 2.24) is 34.5 Å². The molecule has 4 heterocycles. The second kappa shape index (κ2) is 9.18. The molecule has 5 aromatic rings. The first-order valence-corrected chi connectivity index (χ1v) is 11.2. The monoisotopic (exact) mass is 491 g/mol. The van der Waals surface area contributed by atoms with Gasteiger partial charge < -0.3 is 15.8 Å². The van der Waals surface area contributed by atoms with E-state index in [0.717, 1.165) is 27.4 Å². The van der Waals surface area contributed by atoms with Crippen molar-refractivity contribution in [2.75, 3.05) is 12.4 Å². The normalized spacial score (nSPS) is 11.3. The molecular formula is C23H22ClN9O2. The van der Waals surface area contributed by atoms with Crippen LogP contribution in [0, 0.1) is 0 Å². The quantitative estimate of drug-likeness (QED) is 0.338. The topological polar surface area (TPSA) is 139 Å². The van der Waals surface area contributed by atoms with Crippen LogP contribution in [0.25, 0.3) is 27.6 Å². The number of nitrogens with zero attached hydrogens (tertiary/aromatic N) is 7. The Bertz CT molecular complexity index is 1560. The van der Waals surface area contributed by atoms with Crippen LogP contribution in [0.3, 0.4) is 0 Å². The molecule has 12 heteroatoms. The minimum atomic E-state index is -0.459. The average molecular weight is 492 g/mol. The van der Waals surface area contributed by atoms with E-state index < -0.39 is 5.91 Å². The van der Waals surface area contributed by atoms with E-state index in [1.165, 1.54) is 0 Å². The van der Waals surface area contributed by atoms with Crippen LogP contribution in [0.1, 0.15) is 18.2 Å². The number of hydrogen-bond acceptors (Lipinski definition) is 8. The number of methoxy groups -OCH3 is 1. The molecule has 0 aliphatic carbocycles. The number of carbonyl (C=O) groups is 1. The van der Waals surface area contributed by atoms with E-state index in [4.69, 9.17) is 22.1 Å². The minimum Gasteiger partial charge on any atom is -0.495 e. The van der Waals surface area contributed by atoms with Crippen LogP contribution in [0.4, 0.5) is 5.82 Å².